The van der Waals surface area contributed by atoms with E-state index in [0.717, 1.165) is 0 Å². The second-order valence-electron chi connectivity index (χ2n) is 3.48. The van der Waals surface area contributed by atoms with Crippen LogP contribution in [0.15, 0.2) is 31.0 Å². The van der Waals surface area contributed by atoms with E-state index in [1.165, 1.54) is 31.5 Å². The van der Waals surface area contributed by atoms with E-state index in [9.17, 15) is 9.59 Å². The van der Waals surface area contributed by atoms with Gasteiger partial charge < -0.3 is 15.2 Å². The fourth-order valence-corrected chi connectivity index (χ4v) is 1.32. The van der Waals surface area contributed by atoms with Gasteiger partial charge in [0.25, 0.3) is 0 Å². The first-order valence-electron chi connectivity index (χ1n) is 5.23. The van der Waals surface area contributed by atoms with Gasteiger partial charge in [-0.25, -0.2) is 14.6 Å². The minimum Gasteiger partial charge on any atom is -0.480 e. The molecule has 18 heavy (non-hydrogen) atoms. The quantitative estimate of drug-likeness (QED) is 0.584. The number of aromatic nitrogens is 1. The number of carbonyl (C=O) groups excluding carboxylic acids is 1. The van der Waals surface area contributed by atoms with Crippen molar-refractivity contribution in [3.8, 4) is 0 Å². The van der Waals surface area contributed by atoms with Crippen LogP contribution >= 0.6 is 0 Å². The summed E-state index contributed by atoms with van der Waals surface area (Å²) in [5.41, 5.74) is 0.303. The normalized spacial score (nSPS) is 11.4. The number of carboxylic acid groups (broad SMARTS) is 1. The lowest BCUT2D eigenvalue weighted by atomic mass is 10.2. The second kappa shape index (κ2) is 6.39. The van der Waals surface area contributed by atoms with Gasteiger partial charge in [0.05, 0.1) is 12.7 Å². The number of pyridine rings is 1. The van der Waals surface area contributed by atoms with Crippen LogP contribution in [0.3, 0.4) is 0 Å². The van der Waals surface area contributed by atoms with Crippen molar-refractivity contribution in [1.82, 2.24) is 4.98 Å². The van der Waals surface area contributed by atoms with E-state index in [1.807, 2.05) is 0 Å². The number of hydrogen-bond acceptors (Lipinski definition) is 5. The average Bonchev–Trinajstić information content (AvgIpc) is 2.37. The van der Waals surface area contributed by atoms with E-state index < -0.39 is 18.0 Å². The van der Waals surface area contributed by atoms with Crippen LogP contribution in [0.1, 0.15) is 16.8 Å². The minimum absolute atomic E-state index is 0.249. The molecule has 0 aliphatic carbocycles. The number of hydrogen-bond donors (Lipinski definition) is 2. The van der Waals surface area contributed by atoms with E-state index in [-0.39, 0.29) is 6.42 Å². The molecule has 6 nitrogen and oxygen atoms in total. The lowest BCUT2D eigenvalue weighted by Gasteiger charge is -2.13. The molecule has 0 amide bonds. The molecule has 1 rings (SSSR count). The fourth-order valence-electron chi connectivity index (χ4n) is 1.32. The van der Waals surface area contributed by atoms with Crippen molar-refractivity contribution in [1.29, 1.82) is 0 Å². The molecule has 1 atom stereocenters. The molecule has 0 aromatic carbocycles. The second-order valence-corrected chi connectivity index (χ2v) is 3.48. The number of esters is 1. The van der Waals surface area contributed by atoms with Crippen molar-refractivity contribution >= 4 is 17.8 Å². The number of carbonyl (C=O) groups is 2. The standard InChI is InChI=1S/C12H14N2O4/c1-3-4-9(11(15)16)14-10-7-8(5-6-13-10)12(17)18-2/h3,5-7,9H,1,4H2,2H3,(H,13,14)(H,15,16). The predicted molar refractivity (Wildman–Crippen MR) is 65.4 cm³/mol. The maximum absolute atomic E-state index is 11.3. The van der Waals surface area contributed by atoms with Crippen molar-refractivity contribution in [2.45, 2.75) is 12.5 Å². The van der Waals surface area contributed by atoms with Crippen molar-refractivity contribution in [2.75, 3.05) is 12.4 Å². The van der Waals surface area contributed by atoms with Gasteiger partial charge in [-0.3, -0.25) is 0 Å². The van der Waals surface area contributed by atoms with Gasteiger partial charge in [0.15, 0.2) is 0 Å². The molecule has 1 unspecified atom stereocenters. The van der Waals surface area contributed by atoms with Crippen molar-refractivity contribution in [2.24, 2.45) is 0 Å². The van der Waals surface area contributed by atoms with Crippen molar-refractivity contribution in [3.63, 3.8) is 0 Å². The average molecular weight is 250 g/mol. The van der Waals surface area contributed by atoms with Gasteiger partial charge in [0, 0.05) is 6.20 Å². The van der Waals surface area contributed by atoms with Crippen LogP contribution in [-0.2, 0) is 9.53 Å². The van der Waals surface area contributed by atoms with Gasteiger partial charge in [-0.2, -0.15) is 0 Å². The molecule has 0 radical (unpaired) electrons. The first-order valence-corrected chi connectivity index (χ1v) is 5.23. The van der Waals surface area contributed by atoms with Gasteiger partial charge in [-0.1, -0.05) is 6.08 Å². The largest absolute Gasteiger partial charge is 0.480 e. The maximum atomic E-state index is 11.3. The summed E-state index contributed by atoms with van der Waals surface area (Å²) in [6, 6.07) is 2.09. The van der Waals surface area contributed by atoms with Crippen LogP contribution in [0.2, 0.25) is 0 Å². The van der Waals surface area contributed by atoms with E-state index in [1.54, 1.807) is 0 Å². The third-order valence-electron chi connectivity index (χ3n) is 2.20. The number of ether oxygens (including phenoxy) is 1. The zero-order valence-corrected chi connectivity index (χ0v) is 9.92. The molecule has 1 aromatic rings. The summed E-state index contributed by atoms with van der Waals surface area (Å²) in [7, 11) is 1.27. The zero-order valence-electron chi connectivity index (χ0n) is 9.92. The van der Waals surface area contributed by atoms with E-state index in [2.05, 4.69) is 21.6 Å². The van der Waals surface area contributed by atoms with E-state index in [0.29, 0.717) is 11.4 Å². The van der Waals surface area contributed by atoms with Crippen LogP contribution in [0.25, 0.3) is 0 Å². The third kappa shape index (κ3) is 3.58. The summed E-state index contributed by atoms with van der Waals surface area (Å²) in [5.74, 6) is -1.22. The lowest BCUT2D eigenvalue weighted by molar-refractivity contribution is -0.137. The summed E-state index contributed by atoms with van der Waals surface area (Å²) in [6.45, 7) is 3.49. The molecule has 2 N–H and O–H groups in total. The Morgan fingerprint density at radius 2 is 2.39 bits per heavy atom. The Morgan fingerprint density at radius 1 is 1.67 bits per heavy atom. The molecule has 96 valence electrons. The van der Waals surface area contributed by atoms with Crippen LogP contribution in [0, 0.1) is 0 Å². The monoisotopic (exact) mass is 250 g/mol. The van der Waals surface area contributed by atoms with E-state index >= 15 is 0 Å². The Labute approximate surface area is 104 Å². The highest BCUT2D eigenvalue weighted by Crippen LogP contribution is 2.10. The number of nitrogens with one attached hydrogen (secondary N) is 1. The zero-order chi connectivity index (χ0) is 13.5. The predicted octanol–water partition coefficient (Wildman–Crippen LogP) is 1.31. The van der Waals surface area contributed by atoms with Crippen LogP contribution in [0.4, 0.5) is 5.82 Å². The Bertz CT molecular complexity index is 459. The van der Waals surface area contributed by atoms with Crippen LogP contribution in [-0.4, -0.2) is 35.2 Å². The number of anilines is 1. The summed E-state index contributed by atoms with van der Waals surface area (Å²) in [5, 5.41) is 11.7. The highest BCUT2D eigenvalue weighted by atomic mass is 16.5. The fraction of sp³-hybridized carbons (Fsp3) is 0.250. The molecule has 0 spiro atoms. The summed E-state index contributed by atoms with van der Waals surface area (Å²) < 4.78 is 4.56. The third-order valence-corrected chi connectivity index (χ3v) is 2.20. The maximum Gasteiger partial charge on any atom is 0.338 e. The molecule has 0 fully saturated rings. The van der Waals surface area contributed by atoms with Crippen molar-refractivity contribution in [3.05, 3.63) is 36.5 Å². The van der Waals surface area contributed by atoms with Gasteiger partial charge in [-0.05, 0) is 18.6 Å². The van der Waals surface area contributed by atoms with Gasteiger partial charge in [0.2, 0.25) is 0 Å². The molecule has 0 saturated carbocycles. The van der Waals surface area contributed by atoms with Crippen LogP contribution in [0.5, 0.6) is 0 Å². The smallest absolute Gasteiger partial charge is 0.338 e. The molecule has 0 aliphatic rings. The summed E-state index contributed by atoms with van der Waals surface area (Å²) >= 11 is 0. The highest BCUT2D eigenvalue weighted by Gasteiger charge is 2.16. The molecule has 0 saturated heterocycles. The molecule has 0 aliphatic heterocycles. The molecular weight excluding hydrogens is 236 g/mol. The molecule has 6 heteroatoms. The molecular formula is C12H14N2O4. The molecule has 1 heterocycles. The van der Waals surface area contributed by atoms with Gasteiger partial charge >= 0.3 is 11.9 Å². The summed E-state index contributed by atoms with van der Waals surface area (Å²) in [4.78, 5) is 26.2. The Morgan fingerprint density at radius 3 is 2.94 bits per heavy atom. The first-order chi connectivity index (χ1) is 8.58. The topological polar surface area (TPSA) is 88.5 Å². The number of carboxylic acids is 1. The number of nitrogens with zero attached hydrogens (tertiary/aromatic N) is 1. The van der Waals surface area contributed by atoms with Gasteiger partial charge in [-0.15, -0.1) is 6.58 Å². The molecule has 0 bridgehead atoms. The van der Waals surface area contributed by atoms with Crippen LogP contribution < -0.4 is 5.32 Å². The van der Waals surface area contributed by atoms with Gasteiger partial charge in [0.1, 0.15) is 11.9 Å². The summed E-state index contributed by atoms with van der Waals surface area (Å²) in [6.07, 6.45) is 3.15. The lowest BCUT2D eigenvalue weighted by Crippen LogP contribution is -2.29. The van der Waals surface area contributed by atoms with E-state index in [4.69, 9.17) is 5.11 Å². The highest BCUT2D eigenvalue weighted by molar-refractivity contribution is 5.90. The Balaban J connectivity index is 2.86. The first kappa shape index (κ1) is 13.7. The Kier molecular flexibility index (Phi) is 4.86. The minimum atomic E-state index is -1.01. The molecule has 1 aromatic heterocycles. The number of rotatable bonds is 6. The Hall–Kier alpha value is -2.37. The number of aliphatic carboxylic acids is 1. The van der Waals surface area contributed by atoms with Crippen molar-refractivity contribution < 1.29 is 19.4 Å². The SMILES string of the molecule is C=CCC(Nc1cc(C(=O)OC)ccn1)C(=O)O. The number of methoxy groups -OCH3 is 1.